The number of rotatable bonds is 3. The lowest BCUT2D eigenvalue weighted by Gasteiger charge is -2.15. The molecule has 0 radical (unpaired) electrons. The molecule has 0 aromatic carbocycles. The molecular weight excluding hydrogens is 326 g/mol. The molecule has 124 valence electrons. The van der Waals surface area contributed by atoms with Gasteiger partial charge in [-0.3, -0.25) is 4.98 Å². The van der Waals surface area contributed by atoms with E-state index in [0.29, 0.717) is 17.3 Å². The Labute approximate surface area is 145 Å². The van der Waals surface area contributed by atoms with Gasteiger partial charge in [0.05, 0.1) is 0 Å². The second-order valence-corrected chi connectivity index (χ2v) is 6.15. The van der Waals surface area contributed by atoms with Crippen molar-refractivity contribution < 1.29 is 5.11 Å². The number of nitrogen functional groups attached to an aromatic ring is 1. The van der Waals surface area contributed by atoms with Gasteiger partial charge in [-0.15, -0.1) is 0 Å². The number of halogens is 1. The van der Waals surface area contributed by atoms with Crippen LogP contribution in [0.15, 0.2) is 24.5 Å². The number of nitrogens with two attached hydrogens (primary N) is 1. The summed E-state index contributed by atoms with van der Waals surface area (Å²) < 4.78 is 0. The molecule has 0 aliphatic heterocycles. The minimum Gasteiger partial charge on any atom is -0.396 e. The van der Waals surface area contributed by atoms with E-state index in [1.807, 2.05) is 12.1 Å². The Balaban J connectivity index is 1.87. The van der Waals surface area contributed by atoms with E-state index in [4.69, 9.17) is 17.3 Å². The number of nitrogens with one attached hydrogen (secondary N) is 1. The van der Waals surface area contributed by atoms with Crippen molar-refractivity contribution >= 4 is 23.4 Å². The minimum absolute atomic E-state index is 0.103. The standard InChI is InChI=1S/C17H18ClN5O/c18-15-14(6-4-11-2-1-7-20-9-11)16(23-17(19)22-15)21-13-5-3-12(8-13)10-24/h1-2,7,9,12-13,24H,3,5,8,10H2,(H3,19,21,22,23). The van der Waals surface area contributed by atoms with Crippen molar-refractivity contribution in [1.82, 2.24) is 15.0 Å². The fourth-order valence-electron chi connectivity index (χ4n) is 2.80. The van der Waals surface area contributed by atoms with Crippen LogP contribution in [-0.2, 0) is 0 Å². The predicted molar refractivity (Wildman–Crippen MR) is 93.5 cm³/mol. The Kier molecular flexibility index (Phi) is 5.14. The quantitative estimate of drug-likeness (QED) is 0.583. The Morgan fingerprint density at radius 1 is 1.33 bits per heavy atom. The molecule has 7 heteroatoms. The van der Waals surface area contributed by atoms with Gasteiger partial charge in [0, 0.05) is 30.6 Å². The minimum atomic E-state index is 0.103. The fraction of sp³-hybridized carbons (Fsp3) is 0.353. The molecule has 0 spiro atoms. The zero-order valence-corrected chi connectivity index (χ0v) is 13.8. The zero-order valence-electron chi connectivity index (χ0n) is 13.0. The molecule has 3 rings (SSSR count). The highest BCUT2D eigenvalue weighted by molar-refractivity contribution is 6.31. The first-order valence-electron chi connectivity index (χ1n) is 7.78. The van der Waals surface area contributed by atoms with Gasteiger partial charge in [0.2, 0.25) is 5.95 Å². The summed E-state index contributed by atoms with van der Waals surface area (Å²) in [5.41, 5.74) is 7.01. The van der Waals surface area contributed by atoms with Crippen LogP contribution < -0.4 is 11.1 Å². The van der Waals surface area contributed by atoms with Gasteiger partial charge in [0.1, 0.15) is 11.4 Å². The Morgan fingerprint density at radius 3 is 2.92 bits per heavy atom. The van der Waals surface area contributed by atoms with E-state index in [-0.39, 0.29) is 23.8 Å². The van der Waals surface area contributed by atoms with Crippen molar-refractivity contribution in [2.75, 3.05) is 17.7 Å². The van der Waals surface area contributed by atoms with Crippen molar-refractivity contribution in [1.29, 1.82) is 0 Å². The van der Waals surface area contributed by atoms with Crippen molar-refractivity contribution in [3.63, 3.8) is 0 Å². The smallest absolute Gasteiger partial charge is 0.223 e. The van der Waals surface area contributed by atoms with E-state index in [0.717, 1.165) is 24.8 Å². The molecule has 2 aromatic rings. The van der Waals surface area contributed by atoms with E-state index in [1.54, 1.807) is 12.4 Å². The van der Waals surface area contributed by atoms with E-state index in [2.05, 4.69) is 32.1 Å². The third-order valence-corrected chi connectivity index (χ3v) is 4.29. The molecule has 2 unspecified atom stereocenters. The van der Waals surface area contributed by atoms with Crippen molar-refractivity contribution in [3.8, 4) is 11.8 Å². The number of hydrogen-bond acceptors (Lipinski definition) is 6. The Morgan fingerprint density at radius 2 is 2.21 bits per heavy atom. The number of nitrogens with zero attached hydrogens (tertiary/aromatic N) is 3. The van der Waals surface area contributed by atoms with Gasteiger partial charge in [-0.1, -0.05) is 23.4 Å². The first-order valence-corrected chi connectivity index (χ1v) is 8.16. The monoisotopic (exact) mass is 343 g/mol. The lowest BCUT2D eigenvalue weighted by Crippen LogP contribution is -2.19. The SMILES string of the molecule is Nc1nc(Cl)c(C#Cc2cccnc2)c(NC2CCC(CO)C2)n1. The molecule has 1 saturated carbocycles. The molecule has 0 saturated heterocycles. The van der Waals surface area contributed by atoms with Gasteiger partial charge >= 0.3 is 0 Å². The van der Waals surface area contributed by atoms with Crippen molar-refractivity contribution in [2.24, 2.45) is 5.92 Å². The number of aliphatic hydroxyl groups is 1. The first-order chi connectivity index (χ1) is 11.7. The second kappa shape index (κ2) is 7.47. The van der Waals surface area contributed by atoms with E-state index in [1.165, 1.54) is 0 Å². The summed E-state index contributed by atoms with van der Waals surface area (Å²) in [6, 6.07) is 3.89. The molecule has 1 aliphatic rings. The molecule has 2 heterocycles. The van der Waals surface area contributed by atoms with Crippen LogP contribution >= 0.6 is 11.6 Å². The average Bonchev–Trinajstić information content (AvgIpc) is 3.02. The maximum atomic E-state index is 9.28. The van der Waals surface area contributed by atoms with Crippen LogP contribution in [0, 0.1) is 17.8 Å². The van der Waals surface area contributed by atoms with Crippen LogP contribution in [0.25, 0.3) is 0 Å². The van der Waals surface area contributed by atoms with Crippen LogP contribution in [0.4, 0.5) is 11.8 Å². The normalized spacial score (nSPS) is 19.6. The molecular formula is C17H18ClN5O. The lowest BCUT2D eigenvalue weighted by molar-refractivity contribution is 0.229. The number of aromatic nitrogens is 3. The van der Waals surface area contributed by atoms with Gasteiger partial charge in [0.25, 0.3) is 0 Å². The molecule has 0 bridgehead atoms. The summed E-state index contributed by atoms with van der Waals surface area (Å²) in [7, 11) is 0. The van der Waals surface area contributed by atoms with Gasteiger partial charge in [-0.25, -0.2) is 0 Å². The molecule has 4 N–H and O–H groups in total. The first kappa shape index (κ1) is 16.5. The van der Waals surface area contributed by atoms with Crippen LogP contribution in [0.2, 0.25) is 5.15 Å². The summed E-state index contributed by atoms with van der Waals surface area (Å²) in [6.07, 6.45) is 6.19. The highest BCUT2D eigenvalue weighted by Gasteiger charge is 2.25. The maximum absolute atomic E-state index is 9.28. The highest BCUT2D eigenvalue weighted by Crippen LogP contribution is 2.29. The van der Waals surface area contributed by atoms with Gasteiger partial charge in [0.15, 0.2) is 5.15 Å². The third kappa shape index (κ3) is 3.94. The molecule has 1 fully saturated rings. The van der Waals surface area contributed by atoms with E-state index in [9.17, 15) is 5.11 Å². The highest BCUT2D eigenvalue weighted by atomic mass is 35.5. The average molecular weight is 344 g/mol. The number of aliphatic hydroxyl groups excluding tert-OH is 1. The van der Waals surface area contributed by atoms with Crippen LogP contribution in [0.5, 0.6) is 0 Å². The number of anilines is 2. The van der Waals surface area contributed by atoms with E-state index < -0.39 is 0 Å². The van der Waals surface area contributed by atoms with E-state index >= 15 is 0 Å². The third-order valence-electron chi connectivity index (χ3n) is 4.02. The zero-order chi connectivity index (χ0) is 16.9. The van der Waals surface area contributed by atoms with Gasteiger partial charge in [-0.05, 0) is 37.3 Å². The number of hydrogen-bond donors (Lipinski definition) is 3. The topological polar surface area (TPSA) is 97.0 Å². The molecule has 6 nitrogen and oxygen atoms in total. The largest absolute Gasteiger partial charge is 0.396 e. The van der Waals surface area contributed by atoms with Crippen LogP contribution in [0.1, 0.15) is 30.4 Å². The molecule has 24 heavy (non-hydrogen) atoms. The van der Waals surface area contributed by atoms with Gasteiger partial charge < -0.3 is 16.2 Å². The van der Waals surface area contributed by atoms with Crippen LogP contribution in [0.3, 0.4) is 0 Å². The summed E-state index contributed by atoms with van der Waals surface area (Å²) >= 11 is 6.21. The summed E-state index contributed by atoms with van der Waals surface area (Å²) in [4.78, 5) is 12.3. The second-order valence-electron chi connectivity index (χ2n) is 5.79. The molecule has 2 aromatic heterocycles. The maximum Gasteiger partial charge on any atom is 0.223 e. The number of pyridine rings is 1. The Bertz CT molecular complexity index is 772. The predicted octanol–water partition coefficient (Wildman–Crippen LogP) is 2.08. The summed E-state index contributed by atoms with van der Waals surface area (Å²) in [6.45, 7) is 0.207. The molecule has 2 atom stereocenters. The fourth-order valence-corrected chi connectivity index (χ4v) is 3.02. The van der Waals surface area contributed by atoms with Crippen molar-refractivity contribution in [2.45, 2.75) is 25.3 Å². The molecule has 1 aliphatic carbocycles. The van der Waals surface area contributed by atoms with Gasteiger partial charge in [-0.2, -0.15) is 9.97 Å². The summed E-state index contributed by atoms with van der Waals surface area (Å²) in [5.74, 6) is 6.98. The van der Waals surface area contributed by atoms with Crippen LogP contribution in [-0.4, -0.2) is 32.7 Å². The summed E-state index contributed by atoms with van der Waals surface area (Å²) in [5, 5.41) is 12.8. The molecule has 0 amide bonds. The Hall–Kier alpha value is -2.36. The van der Waals surface area contributed by atoms with Crippen molar-refractivity contribution in [3.05, 3.63) is 40.8 Å². The lowest BCUT2D eigenvalue weighted by atomic mass is 10.1.